The summed E-state index contributed by atoms with van der Waals surface area (Å²) in [5, 5.41) is 0. The van der Waals surface area contributed by atoms with Gasteiger partial charge in [-0.1, -0.05) is 41.5 Å². The van der Waals surface area contributed by atoms with Crippen molar-refractivity contribution in [3.05, 3.63) is 0 Å². The van der Waals surface area contributed by atoms with Crippen LogP contribution in [0.15, 0.2) is 0 Å². The van der Waals surface area contributed by atoms with E-state index >= 15 is 0 Å². The summed E-state index contributed by atoms with van der Waals surface area (Å²) < 4.78 is 0. The molecule has 0 aliphatic heterocycles. The van der Waals surface area contributed by atoms with Crippen LogP contribution < -0.4 is 0 Å². The van der Waals surface area contributed by atoms with Gasteiger partial charge in [0.25, 0.3) is 0 Å². The first-order valence-electron chi connectivity index (χ1n) is 7.26. The highest BCUT2D eigenvalue weighted by Crippen LogP contribution is 2.27. The molecule has 0 aromatic rings. The number of ketones is 1. The van der Waals surface area contributed by atoms with E-state index in [-0.39, 0.29) is 5.54 Å². The molecule has 0 N–H and O–H groups in total. The summed E-state index contributed by atoms with van der Waals surface area (Å²) >= 11 is 0. The number of carbonyl (C=O) groups is 1. The second-order valence-corrected chi connectivity index (χ2v) is 5.27. The molecule has 0 aliphatic carbocycles. The summed E-state index contributed by atoms with van der Waals surface area (Å²) in [4.78, 5) is 14.9. The lowest BCUT2D eigenvalue weighted by Gasteiger charge is -2.41. The monoisotopic (exact) mass is 241 g/mol. The zero-order chi connectivity index (χ0) is 13.5. The van der Waals surface area contributed by atoms with E-state index in [1.165, 1.54) is 0 Å². The first-order chi connectivity index (χ1) is 7.98. The van der Waals surface area contributed by atoms with Crippen molar-refractivity contribution in [2.45, 2.75) is 72.8 Å². The van der Waals surface area contributed by atoms with Crippen LogP contribution in [-0.4, -0.2) is 29.3 Å². The second kappa shape index (κ2) is 7.86. The van der Waals surface area contributed by atoms with Crippen molar-refractivity contribution in [2.24, 2.45) is 5.92 Å². The minimum atomic E-state index is -0.210. The average molecular weight is 241 g/mol. The Balaban J connectivity index is 4.85. The van der Waals surface area contributed by atoms with Crippen LogP contribution in [0.5, 0.6) is 0 Å². The second-order valence-electron chi connectivity index (χ2n) is 5.27. The predicted octanol–water partition coefficient (Wildman–Crippen LogP) is 3.89. The fourth-order valence-corrected chi connectivity index (χ4v) is 2.75. The van der Waals surface area contributed by atoms with Gasteiger partial charge in [0.1, 0.15) is 0 Å². The van der Waals surface area contributed by atoms with Gasteiger partial charge in [-0.25, -0.2) is 0 Å². The minimum Gasteiger partial charge on any atom is -0.298 e. The highest BCUT2D eigenvalue weighted by atomic mass is 16.1. The number of Topliss-reactive ketones (excluding diaryl/α,β-unsaturated/α-hetero) is 1. The first-order valence-corrected chi connectivity index (χ1v) is 7.26. The summed E-state index contributed by atoms with van der Waals surface area (Å²) in [5.74, 6) is 1.06. The standard InChI is InChI=1S/C15H31NO/c1-7-15(8-2,16(9-3)10-4)14(17)12-11-13(5)6/h13H,7-12H2,1-6H3. The summed E-state index contributed by atoms with van der Waals surface area (Å²) in [6.45, 7) is 14.9. The van der Waals surface area contributed by atoms with E-state index in [2.05, 4.69) is 46.4 Å². The maximum absolute atomic E-state index is 12.5. The Bertz CT molecular complexity index is 215. The van der Waals surface area contributed by atoms with Crippen LogP contribution in [0.25, 0.3) is 0 Å². The number of rotatable bonds is 9. The topological polar surface area (TPSA) is 20.3 Å². The van der Waals surface area contributed by atoms with Gasteiger partial charge in [0.15, 0.2) is 5.78 Å². The SMILES string of the molecule is CCN(CC)C(CC)(CC)C(=O)CCC(C)C. The normalized spacial score (nSPS) is 12.5. The molecule has 0 saturated carbocycles. The lowest BCUT2D eigenvalue weighted by Crippen LogP contribution is -2.53. The molecular weight excluding hydrogens is 210 g/mol. The zero-order valence-electron chi connectivity index (χ0n) is 12.7. The van der Waals surface area contributed by atoms with Crippen molar-refractivity contribution in [3.8, 4) is 0 Å². The van der Waals surface area contributed by atoms with Crippen LogP contribution in [0.1, 0.15) is 67.2 Å². The van der Waals surface area contributed by atoms with Crippen LogP contribution in [-0.2, 0) is 4.79 Å². The van der Waals surface area contributed by atoms with E-state index in [1.54, 1.807) is 0 Å². The van der Waals surface area contributed by atoms with Crippen molar-refractivity contribution in [1.82, 2.24) is 4.90 Å². The van der Waals surface area contributed by atoms with E-state index < -0.39 is 0 Å². The fourth-order valence-electron chi connectivity index (χ4n) is 2.75. The Labute approximate surface area is 108 Å². The molecule has 0 bridgehead atoms. The molecule has 0 aromatic heterocycles. The molecule has 0 atom stereocenters. The summed E-state index contributed by atoms with van der Waals surface area (Å²) in [5.41, 5.74) is -0.210. The summed E-state index contributed by atoms with van der Waals surface area (Å²) in [6, 6.07) is 0. The van der Waals surface area contributed by atoms with E-state index in [0.717, 1.165) is 38.8 Å². The molecule has 0 amide bonds. The molecule has 0 radical (unpaired) electrons. The van der Waals surface area contributed by atoms with E-state index in [0.29, 0.717) is 11.7 Å². The molecule has 0 unspecified atom stereocenters. The molecule has 0 heterocycles. The van der Waals surface area contributed by atoms with Gasteiger partial charge >= 0.3 is 0 Å². The van der Waals surface area contributed by atoms with Crippen LogP contribution in [0.4, 0.5) is 0 Å². The number of nitrogens with zero attached hydrogens (tertiary/aromatic N) is 1. The minimum absolute atomic E-state index is 0.210. The van der Waals surface area contributed by atoms with Crippen molar-refractivity contribution in [3.63, 3.8) is 0 Å². The Morgan fingerprint density at radius 1 is 1.06 bits per heavy atom. The maximum Gasteiger partial charge on any atom is 0.153 e. The van der Waals surface area contributed by atoms with Crippen LogP contribution in [0, 0.1) is 5.92 Å². The molecule has 2 heteroatoms. The third kappa shape index (κ3) is 4.09. The molecular formula is C15H31NO. The zero-order valence-corrected chi connectivity index (χ0v) is 12.7. The van der Waals surface area contributed by atoms with E-state index in [4.69, 9.17) is 0 Å². The van der Waals surface area contributed by atoms with Crippen LogP contribution in [0.2, 0.25) is 0 Å². The third-order valence-electron chi connectivity index (χ3n) is 4.01. The van der Waals surface area contributed by atoms with Crippen molar-refractivity contribution >= 4 is 5.78 Å². The van der Waals surface area contributed by atoms with Crippen LogP contribution >= 0.6 is 0 Å². The highest BCUT2D eigenvalue weighted by molar-refractivity contribution is 5.88. The highest BCUT2D eigenvalue weighted by Gasteiger charge is 2.38. The van der Waals surface area contributed by atoms with Crippen molar-refractivity contribution in [1.29, 1.82) is 0 Å². The Morgan fingerprint density at radius 2 is 1.53 bits per heavy atom. The van der Waals surface area contributed by atoms with Crippen molar-refractivity contribution < 1.29 is 4.79 Å². The van der Waals surface area contributed by atoms with Gasteiger partial charge in [0.05, 0.1) is 5.54 Å². The molecule has 102 valence electrons. The number of likely N-dealkylation sites (N-methyl/N-ethyl adjacent to an activating group) is 1. The predicted molar refractivity (Wildman–Crippen MR) is 75.3 cm³/mol. The molecule has 0 aromatic carbocycles. The maximum atomic E-state index is 12.5. The molecule has 0 saturated heterocycles. The average Bonchev–Trinajstić information content (AvgIpc) is 2.33. The third-order valence-corrected chi connectivity index (χ3v) is 4.01. The van der Waals surface area contributed by atoms with E-state index in [1.807, 2.05) is 0 Å². The van der Waals surface area contributed by atoms with Gasteiger partial charge < -0.3 is 0 Å². The lowest BCUT2D eigenvalue weighted by atomic mass is 9.83. The van der Waals surface area contributed by atoms with Gasteiger partial charge in [-0.05, 0) is 38.3 Å². The fraction of sp³-hybridized carbons (Fsp3) is 0.933. The van der Waals surface area contributed by atoms with Gasteiger partial charge in [0.2, 0.25) is 0 Å². The van der Waals surface area contributed by atoms with Gasteiger partial charge in [-0.3, -0.25) is 9.69 Å². The molecule has 0 fully saturated rings. The molecule has 0 spiro atoms. The molecule has 17 heavy (non-hydrogen) atoms. The smallest absolute Gasteiger partial charge is 0.153 e. The Kier molecular flexibility index (Phi) is 7.69. The lowest BCUT2D eigenvalue weighted by molar-refractivity contribution is -0.132. The number of hydrogen-bond donors (Lipinski definition) is 0. The summed E-state index contributed by atoms with van der Waals surface area (Å²) in [7, 11) is 0. The molecule has 2 nitrogen and oxygen atoms in total. The first kappa shape index (κ1) is 16.6. The summed E-state index contributed by atoms with van der Waals surface area (Å²) in [6.07, 6.45) is 3.61. The van der Waals surface area contributed by atoms with E-state index in [9.17, 15) is 4.79 Å². The number of hydrogen-bond acceptors (Lipinski definition) is 2. The van der Waals surface area contributed by atoms with Gasteiger partial charge in [0, 0.05) is 6.42 Å². The molecule has 0 aliphatic rings. The largest absolute Gasteiger partial charge is 0.298 e. The van der Waals surface area contributed by atoms with Crippen molar-refractivity contribution in [2.75, 3.05) is 13.1 Å². The molecule has 0 rings (SSSR count). The Hall–Kier alpha value is -0.370. The van der Waals surface area contributed by atoms with Gasteiger partial charge in [-0.15, -0.1) is 0 Å². The Morgan fingerprint density at radius 3 is 1.82 bits per heavy atom. The van der Waals surface area contributed by atoms with Gasteiger partial charge in [-0.2, -0.15) is 0 Å². The quantitative estimate of drug-likeness (QED) is 0.610. The van der Waals surface area contributed by atoms with Crippen LogP contribution in [0.3, 0.4) is 0 Å². The number of carbonyl (C=O) groups excluding carboxylic acids is 1.